The zero-order chi connectivity index (χ0) is 15.6. The molecule has 1 fully saturated rings. The zero-order valence-corrected chi connectivity index (χ0v) is 14.3. The van der Waals surface area contributed by atoms with Crippen LogP contribution in [-0.4, -0.2) is 37.2 Å². The Morgan fingerprint density at radius 2 is 2.05 bits per heavy atom. The summed E-state index contributed by atoms with van der Waals surface area (Å²) in [6, 6.07) is 7.19. The molecule has 1 aromatic carbocycles. The first-order valence-electron chi connectivity index (χ1n) is 8.76. The van der Waals surface area contributed by atoms with Crippen LogP contribution in [0.25, 0.3) is 0 Å². The molecule has 1 aromatic rings. The molecule has 0 aliphatic carbocycles. The number of nitrogens with one attached hydrogen (secondary N) is 1. The highest BCUT2D eigenvalue weighted by Crippen LogP contribution is 2.33. The van der Waals surface area contributed by atoms with Crippen molar-refractivity contribution in [1.29, 1.82) is 0 Å². The van der Waals surface area contributed by atoms with E-state index in [0.29, 0.717) is 11.5 Å². The molecule has 1 N–H and O–H groups in total. The smallest absolute Gasteiger partial charge is 0.124 e. The second kappa shape index (κ2) is 6.59. The van der Waals surface area contributed by atoms with E-state index in [1.807, 2.05) is 0 Å². The van der Waals surface area contributed by atoms with Crippen molar-refractivity contribution >= 4 is 0 Å². The molecule has 0 unspecified atom stereocenters. The number of hydrogen-bond donors (Lipinski definition) is 1. The maximum atomic E-state index is 6.28. The van der Waals surface area contributed by atoms with Gasteiger partial charge in [-0.05, 0) is 64.4 Å². The Morgan fingerprint density at radius 1 is 1.27 bits per heavy atom. The number of fused-ring (bicyclic) bond motifs is 1. The maximum Gasteiger partial charge on any atom is 0.124 e. The van der Waals surface area contributed by atoms with E-state index in [1.165, 1.54) is 37.1 Å². The summed E-state index contributed by atoms with van der Waals surface area (Å²) < 4.78 is 6.28. The van der Waals surface area contributed by atoms with Crippen molar-refractivity contribution in [2.75, 3.05) is 26.2 Å². The van der Waals surface area contributed by atoms with E-state index in [1.54, 1.807) is 0 Å². The molecule has 0 bridgehead atoms. The number of rotatable bonds is 4. The topological polar surface area (TPSA) is 24.5 Å². The monoisotopic (exact) mass is 302 g/mol. The third-order valence-corrected chi connectivity index (χ3v) is 5.41. The summed E-state index contributed by atoms with van der Waals surface area (Å²) in [5, 5.41) is 3.46. The molecule has 122 valence electrons. The van der Waals surface area contributed by atoms with E-state index < -0.39 is 0 Å². The molecule has 1 saturated heterocycles. The highest BCUT2D eigenvalue weighted by atomic mass is 16.5. The van der Waals surface area contributed by atoms with Crippen LogP contribution in [0.2, 0.25) is 0 Å². The third kappa shape index (κ3) is 3.47. The molecular formula is C19H30N2O. The molecule has 2 aliphatic rings. The Kier molecular flexibility index (Phi) is 4.74. The highest BCUT2D eigenvalue weighted by Gasteiger charge is 2.32. The number of hydrogen-bond acceptors (Lipinski definition) is 3. The van der Waals surface area contributed by atoms with Gasteiger partial charge in [0.1, 0.15) is 5.75 Å². The van der Waals surface area contributed by atoms with Gasteiger partial charge in [-0.3, -0.25) is 0 Å². The Balaban J connectivity index is 1.61. The fourth-order valence-corrected chi connectivity index (χ4v) is 3.59. The van der Waals surface area contributed by atoms with Gasteiger partial charge in [0.15, 0.2) is 0 Å². The molecule has 0 atom stereocenters. The van der Waals surface area contributed by atoms with Gasteiger partial charge in [0.2, 0.25) is 0 Å². The standard InChI is InChI=1S/C19H30N2O/c1-15(2)21-11-8-19(3,9-12-21)14-22-18-6-4-5-16-7-10-20-13-17(16)18/h4-6,15,20H,7-14H2,1-3H3. The number of benzene rings is 1. The van der Waals surface area contributed by atoms with Crippen LogP contribution in [0.5, 0.6) is 5.75 Å². The Morgan fingerprint density at radius 3 is 2.77 bits per heavy atom. The van der Waals surface area contributed by atoms with Gasteiger partial charge >= 0.3 is 0 Å². The van der Waals surface area contributed by atoms with Crippen molar-refractivity contribution in [3.63, 3.8) is 0 Å². The molecule has 0 amide bonds. The first-order valence-corrected chi connectivity index (χ1v) is 8.76. The fraction of sp³-hybridized carbons (Fsp3) is 0.684. The fourth-order valence-electron chi connectivity index (χ4n) is 3.59. The summed E-state index contributed by atoms with van der Waals surface area (Å²) in [5.74, 6) is 1.09. The van der Waals surface area contributed by atoms with E-state index in [9.17, 15) is 0 Å². The molecule has 3 nitrogen and oxygen atoms in total. The van der Waals surface area contributed by atoms with Crippen molar-refractivity contribution in [2.24, 2.45) is 5.41 Å². The number of nitrogens with zero attached hydrogens (tertiary/aromatic N) is 1. The molecule has 0 spiro atoms. The van der Waals surface area contributed by atoms with E-state index in [-0.39, 0.29) is 0 Å². The van der Waals surface area contributed by atoms with Crippen LogP contribution in [0.1, 0.15) is 44.7 Å². The van der Waals surface area contributed by atoms with Crippen molar-refractivity contribution in [1.82, 2.24) is 10.2 Å². The second-order valence-electron chi connectivity index (χ2n) is 7.55. The van der Waals surface area contributed by atoms with Crippen molar-refractivity contribution < 1.29 is 4.74 Å². The van der Waals surface area contributed by atoms with Gasteiger partial charge in [-0.2, -0.15) is 0 Å². The van der Waals surface area contributed by atoms with Gasteiger partial charge in [0, 0.05) is 23.6 Å². The molecule has 0 radical (unpaired) electrons. The predicted octanol–water partition coefficient (Wildman–Crippen LogP) is 3.22. The van der Waals surface area contributed by atoms with Gasteiger partial charge < -0.3 is 15.0 Å². The summed E-state index contributed by atoms with van der Waals surface area (Å²) in [7, 11) is 0. The molecule has 0 saturated carbocycles. The van der Waals surface area contributed by atoms with Crippen LogP contribution < -0.4 is 10.1 Å². The van der Waals surface area contributed by atoms with Crippen molar-refractivity contribution in [2.45, 2.75) is 52.6 Å². The summed E-state index contributed by atoms with van der Waals surface area (Å²) in [6.45, 7) is 12.2. The largest absolute Gasteiger partial charge is 0.493 e. The van der Waals surface area contributed by atoms with Crippen LogP contribution in [0, 0.1) is 5.41 Å². The normalized spacial score (nSPS) is 21.6. The lowest BCUT2D eigenvalue weighted by Crippen LogP contribution is -2.44. The van der Waals surface area contributed by atoms with Gasteiger partial charge in [-0.1, -0.05) is 19.1 Å². The molecular weight excluding hydrogens is 272 g/mol. The second-order valence-corrected chi connectivity index (χ2v) is 7.55. The van der Waals surface area contributed by atoms with Gasteiger partial charge in [-0.25, -0.2) is 0 Å². The van der Waals surface area contributed by atoms with Crippen LogP contribution in [-0.2, 0) is 13.0 Å². The lowest BCUT2D eigenvalue weighted by Gasteiger charge is -2.41. The lowest BCUT2D eigenvalue weighted by molar-refractivity contribution is 0.0549. The summed E-state index contributed by atoms with van der Waals surface area (Å²) in [5.41, 5.74) is 3.14. The average molecular weight is 302 g/mol. The minimum atomic E-state index is 0.316. The number of likely N-dealkylation sites (tertiary alicyclic amines) is 1. The van der Waals surface area contributed by atoms with Crippen LogP contribution in [0.3, 0.4) is 0 Å². The van der Waals surface area contributed by atoms with E-state index in [2.05, 4.69) is 49.2 Å². The Labute approximate surface area is 135 Å². The van der Waals surface area contributed by atoms with Crippen LogP contribution in [0.15, 0.2) is 18.2 Å². The molecule has 22 heavy (non-hydrogen) atoms. The average Bonchev–Trinajstić information content (AvgIpc) is 2.53. The zero-order valence-electron chi connectivity index (χ0n) is 14.3. The Bertz CT molecular complexity index is 504. The van der Waals surface area contributed by atoms with Gasteiger partial charge in [0.05, 0.1) is 6.61 Å². The molecule has 3 rings (SSSR count). The maximum absolute atomic E-state index is 6.28. The minimum absolute atomic E-state index is 0.316. The van der Waals surface area contributed by atoms with E-state index in [4.69, 9.17) is 4.74 Å². The van der Waals surface area contributed by atoms with Crippen LogP contribution in [0.4, 0.5) is 0 Å². The molecule has 0 aromatic heterocycles. The van der Waals surface area contributed by atoms with Crippen LogP contribution >= 0.6 is 0 Å². The van der Waals surface area contributed by atoms with Crippen molar-refractivity contribution in [3.05, 3.63) is 29.3 Å². The number of ether oxygens (including phenoxy) is 1. The summed E-state index contributed by atoms with van der Waals surface area (Å²) >= 11 is 0. The third-order valence-electron chi connectivity index (χ3n) is 5.41. The first kappa shape index (κ1) is 15.8. The van der Waals surface area contributed by atoms with E-state index in [0.717, 1.165) is 31.9 Å². The molecule has 2 aliphatic heterocycles. The predicted molar refractivity (Wildman–Crippen MR) is 91.4 cm³/mol. The Hall–Kier alpha value is -1.06. The quantitative estimate of drug-likeness (QED) is 0.924. The lowest BCUT2D eigenvalue weighted by atomic mass is 9.81. The van der Waals surface area contributed by atoms with Gasteiger partial charge in [0.25, 0.3) is 0 Å². The minimum Gasteiger partial charge on any atom is -0.493 e. The molecule has 2 heterocycles. The first-order chi connectivity index (χ1) is 10.6. The summed E-state index contributed by atoms with van der Waals surface area (Å²) in [4.78, 5) is 2.58. The van der Waals surface area contributed by atoms with Crippen molar-refractivity contribution in [3.8, 4) is 5.75 Å². The highest BCUT2D eigenvalue weighted by molar-refractivity contribution is 5.41. The van der Waals surface area contributed by atoms with E-state index >= 15 is 0 Å². The SMILES string of the molecule is CC(C)N1CCC(C)(COc2cccc3c2CNCC3)CC1. The molecule has 3 heteroatoms. The number of piperidine rings is 1. The van der Waals surface area contributed by atoms with Gasteiger partial charge in [-0.15, -0.1) is 0 Å². The summed E-state index contributed by atoms with van der Waals surface area (Å²) in [6.07, 6.45) is 3.59.